The standard InChI is InChI=1S/CH4.BHS43.HNO.V/c;1-3-5-7-9-11-13-15-17-19-21-23-25-27-29-31-33-35-37-39-41-43-44-42-40-38-36-34-32-30-28-26-24-22-20-18-16-14-12-10-8-6-4-2;1-2;/h1H4;3H;2H;/q;-1;;. The zero-order valence-electron chi connectivity index (χ0n) is 19.5. The fourth-order valence-electron chi connectivity index (χ4n) is 0.461. The summed E-state index contributed by atoms with van der Waals surface area (Å²) in [6.45, 7) is 5.40. The van der Waals surface area contributed by atoms with Gasteiger partial charge in [-0.25, -0.2) is 0 Å². The molecule has 0 fully saturated rings. The first-order valence-corrected chi connectivity index (χ1v) is 64.9. The minimum Gasteiger partial charge on any atom is 0 e. The molecule has 2 nitrogen and oxygen atoms in total. The Kier molecular flexibility index (Phi) is 82.6. The van der Waals surface area contributed by atoms with E-state index < -0.39 is 0 Å². The second kappa shape index (κ2) is 63.6. The Morgan fingerprint density at radius 1 is 0.354 bits per heavy atom. The zero-order valence-corrected chi connectivity index (χ0v) is 56.1. The molecule has 0 saturated heterocycles. The van der Waals surface area contributed by atoms with Crippen LogP contribution in [0.3, 0.4) is 0 Å². The van der Waals surface area contributed by atoms with Crippen molar-refractivity contribution in [1.82, 2.24) is 0 Å². The van der Waals surface area contributed by atoms with Crippen LogP contribution >= 0.6 is 0 Å². The second-order valence-corrected chi connectivity index (χ2v) is 76.8. The third-order valence-corrected chi connectivity index (χ3v) is 91.4. The minimum absolute atomic E-state index is 0. The van der Waals surface area contributed by atoms with Gasteiger partial charge in [0, 0.05) is 278 Å². The van der Waals surface area contributed by atoms with Crippen molar-refractivity contribution in [2.24, 2.45) is 3.95 Å². The molecule has 0 unspecified atom stereocenters. The molecular weight excluding hydrogens is 1480 g/mol. The monoisotopic (exact) mass is 1480 g/mol. The van der Waals surface area contributed by atoms with Gasteiger partial charge in [-0.15, -0.1) is 0 Å². The first kappa shape index (κ1) is 62.3. The topological polar surface area (TPSA) is 32.6 Å². The van der Waals surface area contributed by atoms with Crippen LogP contribution in [0.2, 0.25) is 0 Å². The molecule has 0 heterocycles. The summed E-state index contributed by atoms with van der Waals surface area (Å²) in [5, 5.41) is 7.17. The molecule has 0 aromatic carbocycles. The molecule has 0 saturated carbocycles. The van der Waals surface area contributed by atoms with Crippen molar-refractivity contribution in [3.05, 3.63) is 0 Å². The molecule has 288 valence electrons. The van der Waals surface area contributed by atoms with Gasteiger partial charge >= 0.3 is 141 Å². The first-order valence-electron chi connectivity index (χ1n) is 7.67. The predicted octanol–water partition coefficient (Wildman–Crippen LogP) is -0.00960. The van der Waals surface area contributed by atoms with Crippen molar-refractivity contribution in [3.8, 4) is 0 Å². The summed E-state index contributed by atoms with van der Waals surface area (Å²) >= 11 is 6.45. The van der Waals surface area contributed by atoms with Crippen molar-refractivity contribution in [2.75, 3.05) is 0 Å². The molecule has 0 aliphatic heterocycles. The van der Waals surface area contributed by atoms with Crippen LogP contribution in [-0.2, 0) is 402 Å². The summed E-state index contributed by atoms with van der Waals surface area (Å²) in [4.78, 5) is 0. The molecule has 0 bridgehead atoms. The minimum atomic E-state index is 0. The third-order valence-electron chi connectivity index (χ3n) is 1.16. The second-order valence-electron chi connectivity index (χ2n) is 2.99. The van der Waals surface area contributed by atoms with E-state index in [2.05, 4.69) is 3.95 Å². The van der Waals surface area contributed by atoms with E-state index in [1.807, 2.05) is 249 Å². The molecule has 0 aromatic rings. The molecule has 0 atom stereocenters. The number of nitrogens with zero attached hydrogens (tertiary/aromatic N) is 1. The van der Waals surface area contributed by atoms with Crippen LogP contribution in [0, 0.1) is 0 Å². The van der Waals surface area contributed by atoms with Gasteiger partial charge in [0.25, 0.3) is 0 Å². The number of thiol groups is 1. The van der Waals surface area contributed by atoms with E-state index in [1.54, 1.807) is 124 Å². The molecule has 48 heavy (non-hydrogen) atoms. The molecule has 1 radical (unpaired) electrons. The molecule has 1 N–H and O–H groups in total. The molecule has 0 spiro atoms. The van der Waals surface area contributed by atoms with Crippen LogP contribution in [0.5, 0.6) is 0 Å². The Labute approximate surface area is 413 Å². The molecule has 47 heteroatoms. The third kappa shape index (κ3) is 65.1. The van der Waals surface area contributed by atoms with Gasteiger partial charge in [-0.2, -0.15) is 0 Å². The molecule has 0 amide bonds. The number of hydrogen-bond acceptors (Lipinski definition) is 4. The summed E-state index contributed by atoms with van der Waals surface area (Å²) in [5.41, 5.74) is 0. The smallest absolute Gasteiger partial charge is 0 e. The maximum atomic E-state index is 7.17. The first-order chi connectivity index (χ1) is 23.3. The van der Waals surface area contributed by atoms with Crippen LogP contribution < -0.4 is 0 Å². The van der Waals surface area contributed by atoms with Crippen LogP contribution in [-0.4, -0.2) is 11.9 Å². The summed E-state index contributed by atoms with van der Waals surface area (Å²) in [5.74, 6) is 0. The van der Waals surface area contributed by atoms with Crippen LogP contribution in [0.25, 0.3) is 0 Å². The van der Waals surface area contributed by atoms with Gasteiger partial charge in [-0.1, -0.05) is 7.43 Å². The van der Waals surface area contributed by atoms with E-state index in [0.29, 0.717) is 0 Å². The van der Waals surface area contributed by atoms with E-state index in [4.69, 9.17) is 23.1 Å². The quantitative estimate of drug-likeness (QED) is 0.161. The van der Waals surface area contributed by atoms with E-state index in [9.17, 15) is 0 Å². The van der Waals surface area contributed by atoms with Crippen molar-refractivity contribution >= 4 is 392 Å². The fourth-order valence-corrected chi connectivity index (χ4v) is 109. The summed E-state index contributed by atoms with van der Waals surface area (Å²) in [6.07, 6.45) is 0. The fraction of sp³-hybridized carbons (Fsp3) is 1.00. The predicted molar refractivity (Wildman–Crippen MR) is 335 cm³/mol. The Hall–Kier alpha value is 10.00. The van der Waals surface area contributed by atoms with Gasteiger partial charge in [0.2, 0.25) is 0 Å². The van der Waals surface area contributed by atoms with E-state index >= 15 is 0 Å². The normalized spacial score (nSPS) is 7.40. The molecule has 0 aliphatic carbocycles. The van der Waals surface area contributed by atoms with Crippen molar-refractivity contribution in [1.29, 1.82) is 0 Å². The van der Waals surface area contributed by atoms with E-state index in [1.165, 1.54) is 8.88 Å². The van der Waals surface area contributed by atoms with Gasteiger partial charge < -0.3 is 0 Å². The van der Waals surface area contributed by atoms with Crippen LogP contribution in [0.4, 0.5) is 0 Å². The maximum absolute atomic E-state index is 7.17. The molecular formula is CH6BNOS43V-. The Bertz CT molecular complexity index is 2800. The Balaban J connectivity index is -0.00000486. The molecule has 0 aliphatic rings. The van der Waals surface area contributed by atoms with Crippen molar-refractivity contribution < 1.29 is 22.4 Å². The van der Waals surface area contributed by atoms with Gasteiger partial charge in [0.1, 0.15) is 0 Å². The summed E-state index contributed by atoms with van der Waals surface area (Å²) in [6, 6.07) is 0. The zero-order chi connectivity index (χ0) is 34.4. The van der Waals surface area contributed by atoms with Gasteiger partial charge in [-0.05, 0) is 0 Å². The summed E-state index contributed by atoms with van der Waals surface area (Å²) < 4.78 is 2.44. The Morgan fingerprint density at radius 3 is 0.604 bits per heavy atom. The molecule has 0 rings (SSSR count). The Morgan fingerprint density at radius 2 is 0.479 bits per heavy atom. The summed E-state index contributed by atoms with van der Waals surface area (Å²) in [7, 11) is 74.2. The SMILES string of the molecule is C.O[N]=[V].[B]=[SH-]=S=S=S=S=S=S=S=S=S=S=S=S=S=S=S=S=S=S=S=S=S=S=S=S=S=S=S=S=S=S=S=S=S=S=S=S=S=S=S=S=S=S. The van der Waals surface area contributed by atoms with Crippen LogP contribution in [0.15, 0.2) is 3.95 Å². The van der Waals surface area contributed by atoms with Gasteiger partial charge in [-0.3, -0.25) is 0 Å². The van der Waals surface area contributed by atoms with Crippen molar-refractivity contribution in [2.45, 2.75) is 7.43 Å². The molecule has 0 aromatic heterocycles. The average Bonchev–Trinajstić information content (AvgIpc) is 3.08. The van der Waals surface area contributed by atoms with Gasteiger partial charge in [0.05, 0.1) is 0 Å². The van der Waals surface area contributed by atoms with E-state index in [-0.39, 0.29) is 7.43 Å². The number of hydrogen-bond donors (Lipinski definition) is 1. The van der Waals surface area contributed by atoms with E-state index in [0.717, 1.165) is 9.75 Å². The van der Waals surface area contributed by atoms with Crippen LogP contribution in [0.1, 0.15) is 7.43 Å². The average molecular weight is 1490 g/mol. The number of rotatable bonds is 0. The van der Waals surface area contributed by atoms with Crippen molar-refractivity contribution in [3.63, 3.8) is 0 Å². The van der Waals surface area contributed by atoms with Gasteiger partial charge in [0.15, 0.2) is 0 Å².